The maximum atomic E-state index is 6.43. The van der Waals surface area contributed by atoms with Crippen molar-refractivity contribution in [2.45, 2.75) is 18.9 Å². The fourth-order valence-corrected chi connectivity index (χ4v) is 3.55. The first-order valence-corrected chi connectivity index (χ1v) is 9.75. The minimum Gasteiger partial charge on any atom is -0.497 e. The minimum atomic E-state index is 0.159. The van der Waals surface area contributed by atoms with E-state index in [1.807, 2.05) is 36.4 Å². The first-order valence-electron chi connectivity index (χ1n) is 9.75. The summed E-state index contributed by atoms with van der Waals surface area (Å²) in [6.45, 7) is 2.05. The molecule has 29 heavy (non-hydrogen) atoms. The second kappa shape index (κ2) is 8.53. The molecule has 1 aliphatic rings. The van der Waals surface area contributed by atoms with E-state index >= 15 is 0 Å². The van der Waals surface area contributed by atoms with E-state index in [0.717, 1.165) is 54.0 Å². The number of nitrogens with one attached hydrogen (secondary N) is 1. The molecule has 152 valence electrons. The van der Waals surface area contributed by atoms with Crippen LogP contribution in [0.5, 0.6) is 17.2 Å². The van der Waals surface area contributed by atoms with Gasteiger partial charge in [0.25, 0.3) is 0 Å². The molecule has 0 aliphatic carbocycles. The van der Waals surface area contributed by atoms with Crippen molar-refractivity contribution >= 4 is 22.4 Å². The van der Waals surface area contributed by atoms with Gasteiger partial charge in [0.15, 0.2) is 0 Å². The van der Waals surface area contributed by atoms with Crippen molar-refractivity contribution in [1.29, 1.82) is 0 Å². The van der Waals surface area contributed by atoms with E-state index in [0.29, 0.717) is 11.6 Å². The van der Waals surface area contributed by atoms with E-state index in [1.54, 1.807) is 20.5 Å². The van der Waals surface area contributed by atoms with Crippen molar-refractivity contribution in [3.63, 3.8) is 0 Å². The van der Waals surface area contributed by atoms with E-state index in [9.17, 15) is 0 Å². The van der Waals surface area contributed by atoms with Gasteiger partial charge in [-0.25, -0.2) is 9.97 Å². The quantitative estimate of drug-likeness (QED) is 0.681. The second-order valence-corrected chi connectivity index (χ2v) is 7.22. The topological polar surface area (TPSA) is 68.7 Å². The zero-order chi connectivity index (χ0) is 20.2. The van der Waals surface area contributed by atoms with Gasteiger partial charge in [0.1, 0.15) is 35.5 Å². The van der Waals surface area contributed by atoms with Crippen molar-refractivity contribution in [3.8, 4) is 17.2 Å². The van der Waals surface area contributed by atoms with Gasteiger partial charge >= 0.3 is 0 Å². The monoisotopic (exact) mass is 394 g/mol. The number of hydrogen-bond acceptors (Lipinski definition) is 7. The summed E-state index contributed by atoms with van der Waals surface area (Å²) in [4.78, 5) is 11.3. The normalized spacial score (nSPS) is 15.3. The Balaban J connectivity index is 1.72. The van der Waals surface area contributed by atoms with Gasteiger partial charge in [-0.05, 0) is 32.0 Å². The van der Waals surface area contributed by atoms with Crippen LogP contribution in [-0.4, -0.2) is 55.3 Å². The predicted octanol–water partition coefficient (Wildman–Crippen LogP) is 3.86. The summed E-state index contributed by atoms with van der Waals surface area (Å²) >= 11 is 0. The standard InChI is InChI=1S/C22H26N4O3/c1-26-9-7-16(8-10-26)29-20-13-18(28-3)12-19-21(20)22(24-14-23-19)25-15-5-4-6-17(11-15)27-2/h4-6,11-14,16H,7-10H2,1-3H3,(H,23,24,25). The number of fused-ring (bicyclic) bond motifs is 1. The Morgan fingerprint density at radius 2 is 1.79 bits per heavy atom. The molecule has 4 rings (SSSR count). The van der Waals surface area contributed by atoms with Gasteiger partial charge in [-0.1, -0.05) is 6.07 Å². The first-order chi connectivity index (χ1) is 14.2. The van der Waals surface area contributed by atoms with Crippen LogP contribution in [0.25, 0.3) is 10.9 Å². The molecule has 0 atom stereocenters. The fourth-order valence-electron chi connectivity index (χ4n) is 3.55. The Bertz CT molecular complexity index is 987. The van der Waals surface area contributed by atoms with Gasteiger partial charge in [-0.3, -0.25) is 0 Å². The lowest BCUT2D eigenvalue weighted by Gasteiger charge is -2.29. The van der Waals surface area contributed by atoms with E-state index in [2.05, 4.69) is 27.2 Å². The van der Waals surface area contributed by atoms with Gasteiger partial charge in [-0.2, -0.15) is 0 Å². The van der Waals surface area contributed by atoms with E-state index < -0.39 is 0 Å². The number of hydrogen-bond donors (Lipinski definition) is 1. The van der Waals surface area contributed by atoms with Crippen LogP contribution in [0.4, 0.5) is 11.5 Å². The van der Waals surface area contributed by atoms with Crippen LogP contribution < -0.4 is 19.5 Å². The third-order valence-electron chi connectivity index (χ3n) is 5.20. The van der Waals surface area contributed by atoms with E-state index in [-0.39, 0.29) is 6.10 Å². The molecule has 7 heteroatoms. The molecule has 0 saturated carbocycles. The lowest BCUT2D eigenvalue weighted by Crippen LogP contribution is -2.35. The highest BCUT2D eigenvalue weighted by Crippen LogP contribution is 2.37. The molecule has 1 aromatic heterocycles. The third kappa shape index (κ3) is 4.35. The smallest absolute Gasteiger partial charge is 0.145 e. The maximum Gasteiger partial charge on any atom is 0.145 e. The average Bonchev–Trinajstić information content (AvgIpc) is 2.75. The highest BCUT2D eigenvalue weighted by molar-refractivity contribution is 5.96. The maximum absolute atomic E-state index is 6.43. The van der Waals surface area contributed by atoms with Crippen LogP contribution in [0.1, 0.15) is 12.8 Å². The predicted molar refractivity (Wildman–Crippen MR) is 114 cm³/mol. The Labute approximate surface area is 170 Å². The SMILES string of the molecule is COc1cccc(Nc2ncnc3cc(OC)cc(OC4CCN(C)CC4)c23)c1. The Kier molecular flexibility index (Phi) is 5.67. The fraction of sp³-hybridized carbons (Fsp3) is 0.364. The van der Waals surface area contributed by atoms with Gasteiger partial charge in [0.05, 0.1) is 25.1 Å². The Morgan fingerprint density at radius 3 is 2.55 bits per heavy atom. The summed E-state index contributed by atoms with van der Waals surface area (Å²) in [7, 11) is 5.44. The van der Waals surface area contributed by atoms with Gasteiger partial charge in [0.2, 0.25) is 0 Å². The van der Waals surface area contributed by atoms with Crippen LogP contribution in [0.15, 0.2) is 42.7 Å². The number of nitrogens with zero attached hydrogens (tertiary/aromatic N) is 3. The molecular weight excluding hydrogens is 368 g/mol. The summed E-state index contributed by atoms with van der Waals surface area (Å²) in [5, 5.41) is 4.23. The zero-order valence-corrected chi connectivity index (χ0v) is 17.0. The van der Waals surface area contributed by atoms with Crippen LogP contribution in [0, 0.1) is 0 Å². The molecule has 1 fully saturated rings. The summed E-state index contributed by atoms with van der Waals surface area (Å²) < 4.78 is 17.2. The number of benzene rings is 2. The van der Waals surface area contributed by atoms with Crippen LogP contribution in [0.3, 0.4) is 0 Å². The van der Waals surface area contributed by atoms with Crippen LogP contribution >= 0.6 is 0 Å². The van der Waals surface area contributed by atoms with Crippen LogP contribution in [0.2, 0.25) is 0 Å². The van der Waals surface area contributed by atoms with Crippen molar-refractivity contribution in [2.24, 2.45) is 0 Å². The molecule has 0 amide bonds. The lowest BCUT2D eigenvalue weighted by atomic mass is 10.1. The molecule has 3 aromatic rings. The van der Waals surface area contributed by atoms with E-state index in [4.69, 9.17) is 14.2 Å². The molecule has 0 radical (unpaired) electrons. The second-order valence-electron chi connectivity index (χ2n) is 7.22. The number of methoxy groups -OCH3 is 2. The lowest BCUT2D eigenvalue weighted by molar-refractivity contribution is 0.115. The van der Waals surface area contributed by atoms with Crippen molar-refractivity contribution in [2.75, 3.05) is 39.7 Å². The summed E-state index contributed by atoms with van der Waals surface area (Å²) in [5.74, 6) is 2.91. The first kappa shape index (κ1) is 19.3. The highest BCUT2D eigenvalue weighted by Gasteiger charge is 2.21. The molecule has 0 bridgehead atoms. The number of ether oxygens (including phenoxy) is 3. The molecule has 1 N–H and O–H groups in total. The molecule has 0 unspecified atom stereocenters. The van der Waals surface area contributed by atoms with Gasteiger partial charge in [0, 0.05) is 37.0 Å². The largest absolute Gasteiger partial charge is 0.497 e. The minimum absolute atomic E-state index is 0.159. The van der Waals surface area contributed by atoms with Crippen molar-refractivity contribution < 1.29 is 14.2 Å². The Morgan fingerprint density at radius 1 is 1.00 bits per heavy atom. The van der Waals surface area contributed by atoms with Crippen LogP contribution in [-0.2, 0) is 0 Å². The zero-order valence-electron chi connectivity index (χ0n) is 17.0. The Hall–Kier alpha value is -3.06. The van der Waals surface area contributed by atoms with Gasteiger partial charge in [-0.15, -0.1) is 0 Å². The number of anilines is 2. The molecular formula is C22H26N4O3. The molecule has 2 aromatic carbocycles. The number of aromatic nitrogens is 2. The third-order valence-corrected chi connectivity index (χ3v) is 5.20. The molecule has 2 heterocycles. The average molecular weight is 394 g/mol. The highest BCUT2D eigenvalue weighted by atomic mass is 16.5. The summed E-state index contributed by atoms with van der Waals surface area (Å²) in [5.41, 5.74) is 1.65. The molecule has 1 saturated heterocycles. The van der Waals surface area contributed by atoms with Gasteiger partial charge < -0.3 is 24.4 Å². The van der Waals surface area contributed by atoms with Crippen molar-refractivity contribution in [1.82, 2.24) is 14.9 Å². The molecule has 7 nitrogen and oxygen atoms in total. The van der Waals surface area contributed by atoms with Crippen molar-refractivity contribution in [3.05, 3.63) is 42.7 Å². The van der Waals surface area contributed by atoms with E-state index in [1.165, 1.54) is 0 Å². The summed E-state index contributed by atoms with van der Waals surface area (Å²) in [6, 6.07) is 11.6. The number of piperidine rings is 1. The molecule has 1 aliphatic heterocycles. The number of rotatable bonds is 6. The number of likely N-dealkylation sites (tertiary alicyclic amines) is 1. The summed E-state index contributed by atoms with van der Waals surface area (Å²) in [6.07, 6.45) is 3.68. The molecule has 0 spiro atoms.